The average molecular weight is 304 g/mol. The Balaban J connectivity index is 3.29. The third-order valence-corrected chi connectivity index (χ3v) is 2.99. The SMILES string of the molecule is CCCCCCOCC(O)CNCCC(=O)NCCOC. The van der Waals surface area contributed by atoms with Crippen molar-refractivity contribution < 1.29 is 19.4 Å². The van der Waals surface area contributed by atoms with E-state index in [-0.39, 0.29) is 5.91 Å². The van der Waals surface area contributed by atoms with Gasteiger partial charge in [-0.3, -0.25) is 4.79 Å². The summed E-state index contributed by atoms with van der Waals surface area (Å²) < 4.78 is 10.2. The van der Waals surface area contributed by atoms with Crippen molar-refractivity contribution in [2.24, 2.45) is 0 Å². The smallest absolute Gasteiger partial charge is 0.221 e. The minimum Gasteiger partial charge on any atom is -0.389 e. The molecule has 126 valence electrons. The van der Waals surface area contributed by atoms with E-state index in [1.54, 1.807) is 7.11 Å². The van der Waals surface area contributed by atoms with Crippen molar-refractivity contribution >= 4 is 5.91 Å². The first-order valence-electron chi connectivity index (χ1n) is 7.92. The molecule has 0 saturated carbocycles. The Bertz CT molecular complexity index is 240. The van der Waals surface area contributed by atoms with Crippen molar-refractivity contribution in [3.63, 3.8) is 0 Å². The minimum atomic E-state index is -0.521. The summed E-state index contributed by atoms with van der Waals surface area (Å²) in [5.41, 5.74) is 0. The number of amides is 1. The van der Waals surface area contributed by atoms with E-state index in [4.69, 9.17) is 9.47 Å². The summed E-state index contributed by atoms with van der Waals surface area (Å²) in [6, 6.07) is 0. The van der Waals surface area contributed by atoms with Crippen molar-refractivity contribution in [2.75, 3.05) is 46.6 Å². The molecule has 0 aliphatic rings. The average Bonchev–Trinajstić information content (AvgIpc) is 2.47. The number of hydrogen-bond acceptors (Lipinski definition) is 5. The van der Waals surface area contributed by atoms with Gasteiger partial charge in [-0.05, 0) is 6.42 Å². The summed E-state index contributed by atoms with van der Waals surface area (Å²) in [6.07, 6.45) is 4.56. The van der Waals surface area contributed by atoms with Crippen molar-refractivity contribution in [1.82, 2.24) is 10.6 Å². The van der Waals surface area contributed by atoms with Gasteiger partial charge in [0.15, 0.2) is 0 Å². The molecule has 0 rings (SSSR count). The topological polar surface area (TPSA) is 79.8 Å². The van der Waals surface area contributed by atoms with E-state index in [0.717, 1.165) is 6.42 Å². The molecule has 0 saturated heterocycles. The van der Waals surface area contributed by atoms with Crippen molar-refractivity contribution in [2.45, 2.75) is 45.1 Å². The summed E-state index contributed by atoms with van der Waals surface area (Å²) >= 11 is 0. The molecule has 1 atom stereocenters. The maximum Gasteiger partial charge on any atom is 0.221 e. The van der Waals surface area contributed by atoms with Gasteiger partial charge in [0.25, 0.3) is 0 Å². The van der Waals surface area contributed by atoms with E-state index in [9.17, 15) is 9.90 Å². The first-order chi connectivity index (χ1) is 10.2. The van der Waals surface area contributed by atoms with Crippen LogP contribution in [0.3, 0.4) is 0 Å². The first kappa shape index (κ1) is 20.3. The molecule has 21 heavy (non-hydrogen) atoms. The molecule has 0 aromatic carbocycles. The Labute approximate surface area is 128 Å². The van der Waals surface area contributed by atoms with Gasteiger partial charge in [0.2, 0.25) is 5.91 Å². The molecular formula is C15H32N2O4. The van der Waals surface area contributed by atoms with Crippen LogP contribution in [0.25, 0.3) is 0 Å². The van der Waals surface area contributed by atoms with E-state index in [2.05, 4.69) is 17.6 Å². The zero-order valence-corrected chi connectivity index (χ0v) is 13.5. The number of hydrogen-bond donors (Lipinski definition) is 3. The number of unbranched alkanes of at least 4 members (excludes halogenated alkanes) is 3. The lowest BCUT2D eigenvalue weighted by Gasteiger charge is -2.12. The largest absolute Gasteiger partial charge is 0.389 e. The van der Waals surface area contributed by atoms with Crippen LogP contribution in [0.2, 0.25) is 0 Å². The highest BCUT2D eigenvalue weighted by Crippen LogP contribution is 1.99. The molecular weight excluding hydrogens is 272 g/mol. The summed E-state index contributed by atoms with van der Waals surface area (Å²) in [4.78, 5) is 11.4. The third kappa shape index (κ3) is 15.5. The number of nitrogens with one attached hydrogen (secondary N) is 2. The molecule has 1 amide bonds. The number of carbonyl (C=O) groups is 1. The van der Waals surface area contributed by atoms with Crippen LogP contribution in [0.5, 0.6) is 0 Å². The molecule has 0 radical (unpaired) electrons. The third-order valence-electron chi connectivity index (χ3n) is 2.99. The van der Waals surface area contributed by atoms with E-state index >= 15 is 0 Å². The predicted octanol–water partition coefficient (Wildman–Crippen LogP) is 0.687. The van der Waals surface area contributed by atoms with E-state index in [1.165, 1.54) is 19.3 Å². The van der Waals surface area contributed by atoms with Crippen LogP contribution < -0.4 is 10.6 Å². The molecule has 0 aliphatic heterocycles. The zero-order chi connectivity index (χ0) is 15.8. The number of aliphatic hydroxyl groups excluding tert-OH is 1. The Morgan fingerprint density at radius 1 is 1.19 bits per heavy atom. The van der Waals surface area contributed by atoms with Gasteiger partial charge >= 0.3 is 0 Å². The van der Waals surface area contributed by atoms with Crippen molar-refractivity contribution in [3.8, 4) is 0 Å². The lowest BCUT2D eigenvalue weighted by atomic mass is 10.2. The number of carbonyl (C=O) groups excluding carboxylic acids is 1. The van der Waals surface area contributed by atoms with Crippen LogP contribution in [0.4, 0.5) is 0 Å². The molecule has 1 unspecified atom stereocenters. The predicted molar refractivity (Wildman–Crippen MR) is 83.3 cm³/mol. The van der Waals surface area contributed by atoms with E-state index in [0.29, 0.717) is 45.9 Å². The molecule has 3 N–H and O–H groups in total. The van der Waals surface area contributed by atoms with Crippen LogP contribution in [-0.4, -0.2) is 63.7 Å². The van der Waals surface area contributed by atoms with Gasteiger partial charge in [-0.1, -0.05) is 26.2 Å². The molecule has 0 aromatic heterocycles. The fraction of sp³-hybridized carbons (Fsp3) is 0.933. The highest BCUT2D eigenvalue weighted by Gasteiger charge is 2.05. The maximum absolute atomic E-state index is 11.4. The van der Waals surface area contributed by atoms with Crippen LogP contribution in [0.1, 0.15) is 39.0 Å². The lowest BCUT2D eigenvalue weighted by molar-refractivity contribution is -0.121. The Hall–Kier alpha value is -0.690. The van der Waals surface area contributed by atoms with Crippen LogP contribution >= 0.6 is 0 Å². The second-order valence-electron chi connectivity index (χ2n) is 5.09. The molecule has 0 heterocycles. The lowest BCUT2D eigenvalue weighted by Crippen LogP contribution is -2.34. The molecule has 0 spiro atoms. The van der Waals surface area contributed by atoms with E-state index in [1.807, 2.05) is 0 Å². The molecule has 0 bridgehead atoms. The summed E-state index contributed by atoms with van der Waals surface area (Å²) in [6.45, 7) is 5.27. The standard InChI is InChI=1S/C15H32N2O4/c1-3-4-5-6-10-21-13-14(18)12-16-8-7-15(19)17-9-11-20-2/h14,16,18H,3-13H2,1-2H3,(H,17,19). The van der Waals surface area contributed by atoms with Crippen LogP contribution in [0.15, 0.2) is 0 Å². The quantitative estimate of drug-likeness (QED) is 0.388. The minimum absolute atomic E-state index is 0.0128. The fourth-order valence-corrected chi connectivity index (χ4v) is 1.76. The number of rotatable bonds is 15. The maximum atomic E-state index is 11.4. The molecule has 0 aliphatic carbocycles. The summed E-state index contributed by atoms with van der Waals surface area (Å²) in [5.74, 6) is -0.0128. The monoisotopic (exact) mass is 304 g/mol. The van der Waals surface area contributed by atoms with Gasteiger partial charge < -0.3 is 25.2 Å². The number of methoxy groups -OCH3 is 1. The fourth-order valence-electron chi connectivity index (χ4n) is 1.76. The van der Waals surface area contributed by atoms with Crippen molar-refractivity contribution in [1.29, 1.82) is 0 Å². The summed E-state index contributed by atoms with van der Waals surface area (Å²) in [5, 5.41) is 15.5. The first-order valence-corrected chi connectivity index (χ1v) is 7.92. The van der Waals surface area contributed by atoms with Gasteiger partial charge in [0.05, 0.1) is 19.3 Å². The summed E-state index contributed by atoms with van der Waals surface area (Å²) in [7, 11) is 1.60. The molecule has 0 aromatic rings. The van der Waals surface area contributed by atoms with Gasteiger partial charge in [-0.15, -0.1) is 0 Å². The molecule has 6 heteroatoms. The van der Waals surface area contributed by atoms with Crippen LogP contribution in [0, 0.1) is 0 Å². The number of aliphatic hydroxyl groups is 1. The second-order valence-corrected chi connectivity index (χ2v) is 5.09. The van der Waals surface area contributed by atoms with Crippen molar-refractivity contribution in [3.05, 3.63) is 0 Å². The highest BCUT2D eigenvalue weighted by atomic mass is 16.5. The Morgan fingerprint density at radius 3 is 2.71 bits per heavy atom. The van der Waals surface area contributed by atoms with Gasteiger partial charge in [-0.25, -0.2) is 0 Å². The van der Waals surface area contributed by atoms with Gasteiger partial charge in [-0.2, -0.15) is 0 Å². The molecule has 0 fully saturated rings. The normalized spacial score (nSPS) is 12.3. The van der Waals surface area contributed by atoms with Crippen LogP contribution in [-0.2, 0) is 14.3 Å². The van der Waals surface area contributed by atoms with E-state index < -0.39 is 6.10 Å². The number of ether oxygens (including phenoxy) is 2. The molecule has 6 nitrogen and oxygen atoms in total. The Morgan fingerprint density at radius 2 is 2.00 bits per heavy atom. The second kappa shape index (κ2) is 15.7. The Kier molecular flexibility index (Phi) is 15.2. The van der Waals surface area contributed by atoms with Gasteiger partial charge in [0.1, 0.15) is 0 Å². The van der Waals surface area contributed by atoms with Gasteiger partial charge in [0, 0.05) is 39.8 Å². The zero-order valence-electron chi connectivity index (χ0n) is 13.5. The highest BCUT2D eigenvalue weighted by molar-refractivity contribution is 5.75.